The first-order chi connectivity index (χ1) is 16.2. The quantitative estimate of drug-likeness (QED) is 0.477. The molecule has 6 rings (SSSR count). The van der Waals surface area contributed by atoms with Gasteiger partial charge in [0, 0.05) is 35.6 Å². The zero-order chi connectivity index (χ0) is 22.4. The van der Waals surface area contributed by atoms with E-state index in [4.69, 9.17) is 9.84 Å². The third-order valence-electron chi connectivity index (χ3n) is 7.38. The van der Waals surface area contributed by atoms with Crippen LogP contribution in [0.3, 0.4) is 0 Å². The molecule has 2 fully saturated rings. The highest BCUT2D eigenvalue weighted by Gasteiger charge is 2.38. The monoisotopic (exact) mass is 440 g/mol. The van der Waals surface area contributed by atoms with Gasteiger partial charge in [0.15, 0.2) is 0 Å². The maximum atomic E-state index is 5.17. The van der Waals surface area contributed by atoms with E-state index < -0.39 is 0 Å². The first-order valence-electron chi connectivity index (χ1n) is 11.6. The first-order valence-corrected chi connectivity index (χ1v) is 11.6. The van der Waals surface area contributed by atoms with Gasteiger partial charge >= 0.3 is 0 Å². The van der Waals surface area contributed by atoms with Crippen LogP contribution in [0.5, 0.6) is 5.88 Å². The van der Waals surface area contributed by atoms with E-state index in [2.05, 4.69) is 51.5 Å². The maximum Gasteiger partial charge on any atom is 0.245 e. The predicted molar refractivity (Wildman–Crippen MR) is 129 cm³/mol. The van der Waals surface area contributed by atoms with Crippen molar-refractivity contribution in [2.75, 3.05) is 19.5 Å². The van der Waals surface area contributed by atoms with Crippen molar-refractivity contribution in [3.8, 4) is 17.1 Å². The molecule has 1 aromatic carbocycles. The van der Waals surface area contributed by atoms with E-state index in [1.807, 2.05) is 35.0 Å². The summed E-state index contributed by atoms with van der Waals surface area (Å²) in [5.74, 6) is 1.82. The van der Waals surface area contributed by atoms with Gasteiger partial charge in [0.05, 0.1) is 24.5 Å². The van der Waals surface area contributed by atoms with Crippen molar-refractivity contribution in [2.45, 2.75) is 43.7 Å². The van der Waals surface area contributed by atoms with Crippen molar-refractivity contribution in [3.63, 3.8) is 0 Å². The van der Waals surface area contributed by atoms with Gasteiger partial charge in [-0.3, -0.25) is 0 Å². The number of hydrogen-bond donors (Lipinski definition) is 1. The molecular formula is C26H28N6O. The van der Waals surface area contributed by atoms with Crippen molar-refractivity contribution in [1.82, 2.24) is 24.5 Å². The minimum atomic E-state index is 0.562. The second-order valence-electron chi connectivity index (χ2n) is 9.19. The third kappa shape index (κ3) is 3.72. The minimum Gasteiger partial charge on any atom is -0.481 e. The normalized spacial score (nSPS) is 22.5. The molecule has 0 amide bonds. The van der Waals surface area contributed by atoms with E-state index in [9.17, 15) is 0 Å². The van der Waals surface area contributed by atoms with E-state index in [1.165, 1.54) is 31.2 Å². The Morgan fingerprint density at radius 2 is 1.70 bits per heavy atom. The second kappa shape index (κ2) is 8.15. The molecule has 2 aliphatic rings. The summed E-state index contributed by atoms with van der Waals surface area (Å²) in [5.41, 5.74) is 5.30. The number of methoxy groups -OCH3 is 1. The molecule has 0 aliphatic carbocycles. The molecule has 1 N–H and O–H groups in total. The van der Waals surface area contributed by atoms with Gasteiger partial charge in [-0.2, -0.15) is 0 Å². The zero-order valence-corrected chi connectivity index (χ0v) is 19.0. The van der Waals surface area contributed by atoms with Gasteiger partial charge in [-0.1, -0.05) is 12.1 Å². The van der Waals surface area contributed by atoms with E-state index in [0.717, 1.165) is 34.5 Å². The summed E-state index contributed by atoms with van der Waals surface area (Å²) in [6.07, 6.45) is 8.88. The van der Waals surface area contributed by atoms with Crippen LogP contribution in [0.4, 0.5) is 11.6 Å². The largest absolute Gasteiger partial charge is 0.481 e. The second-order valence-corrected chi connectivity index (χ2v) is 9.19. The molecule has 7 heteroatoms. The third-order valence-corrected chi connectivity index (χ3v) is 7.38. The molecule has 5 heterocycles. The Kier molecular flexibility index (Phi) is 4.99. The molecule has 4 aromatic rings. The fourth-order valence-corrected chi connectivity index (χ4v) is 5.48. The Morgan fingerprint density at radius 1 is 0.909 bits per heavy atom. The minimum absolute atomic E-state index is 0.562. The van der Waals surface area contributed by atoms with Crippen LogP contribution in [-0.4, -0.2) is 50.7 Å². The molecule has 168 valence electrons. The van der Waals surface area contributed by atoms with E-state index in [1.54, 1.807) is 13.3 Å². The molecule has 0 spiro atoms. The van der Waals surface area contributed by atoms with Crippen molar-refractivity contribution in [3.05, 3.63) is 66.5 Å². The van der Waals surface area contributed by atoms with Crippen LogP contribution in [0.25, 0.3) is 16.8 Å². The lowest BCUT2D eigenvalue weighted by atomic mass is 9.85. The molecular weight excluding hydrogens is 412 g/mol. The van der Waals surface area contributed by atoms with Crippen LogP contribution in [-0.2, 0) is 0 Å². The number of piperidine rings is 1. The number of nitrogens with one attached hydrogen (secondary N) is 1. The van der Waals surface area contributed by atoms with Crippen LogP contribution in [0.15, 0.2) is 60.9 Å². The molecule has 3 aromatic heterocycles. The molecule has 0 radical (unpaired) electrons. The Hall–Kier alpha value is -3.45. The van der Waals surface area contributed by atoms with Crippen LogP contribution in [0, 0.1) is 0 Å². The topological polar surface area (TPSA) is 67.6 Å². The van der Waals surface area contributed by atoms with Gasteiger partial charge in [0.2, 0.25) is 11.8 Å². The summed E-state index contributed by atoms with van der Waals surface area (Å²) < 4.78 is 7.06. The molecule has 2 bridgehead atoms. The highest BCUT2D eigenvalue weighted by atomic mass is 16.5. The summed E-state index contributed by atoms with van der Waals surface area (Å²) in [6.45, 7) is 0. The number of benzene rings is 1. The van der Waals surface area contributed by atoms with Gasteiger partial charge in [0.1, 0.15) is 0 Å². The van der Waals surface area contributed by atoms with Gasteiger partial charge in [-0.05, 0) is 74.5 Å². The van der Waals surface area contributed by atoms with E-state index >= 15 is 0 Å². The Bertz CT molecular complexity index is 1250. The molecule has 2 unspecified atom stereocenters. The number of aromatic nitrogens is 4. The molecule has 7 nitrogen and oxygen atoms in total. The summed E-state index contributed by atoms with van der Waals surface area (Å²) in [5, 5.41) is 8.09. The number of hydrogen-bond acceptors (Lipinski definition) is 6. The molecule has 2 saturated heterocycles. The average Bonchev–Trinajstić information content (AvgIpc) is 3.34. The van der Waals surface area contributed by atoms with Crippen molar-refractivity contribution in [1.29, 1.82) is 0 Å². The summed E-state index contributed by atoms with van der Waals surface area (Å²) in [7, 11) is 3.91. The highest BCUT2D eigenvalue weighted by Crippen LogP contribution is 2.42. The maximum absolute atomic E-state index is 5.17. The highest BCUT2D eigenvalue weighted by molar-refractivity contribution is 5.66. The molecule has 33 heavy (non-hydrogen) atoms. The van der Waals surface area contributed by atoms with Crippen LogP contribution >= 0.6 is 0 Å². The molecule has 2 atom stereocenters. The average molecular weight is 441 g/mol. The van der Waals surface area contributed by atoms with Crippen molar-refractivity contribution < 1.29 is 4.74 Å². The lowest BCUT2D eigenvalue weighted by Crippen LogP contribution is -2.39. The number of ether oxygens (including phenoxy) is 1. The number of pyridine rings is 1. The number of anilines is 2. The first kappa shape index (κ1) is 20.2. The van der Waals surface area contributed by atoms with Crippen LogP contribution in [0.1, 0.15) is 37.2 Å². The summed E-state index contributed by atoms with van der Waals surface area (Å²) in [4.78, 5) is 11.4. The Morgan fingerprint density at radius 3 is 2.39 bits per heavy atom. The molecule has 2 aliphatic heterocycles. The SMILES string of the molecule is COc1ccc(-c2ccc3cnc(Nc4ccc(C5CC6CCC(C5)N6C)cc4)nn23)cn1. The smallest absolute Gasteiger partial charge is 0.245 e. The lowest BCUT2D eigenvalue weighted by Gasteiger charge is -2.36. The van der Waals surface area contributed by atoms with E-state index in [-0.39, 0.29) is 0 Å². The van der Waals surface area contributed by atoms with Crippen molar-refractivity contribution >= 4 is 17.2 Å². The summed E-state index contributed by atoms with van der Waals surface area (Å²) >= 11 is 0. The molecule has 0 saturated carbocycles. The summed E-state index contributed by atoms with van der Waals surface area (Å²) in [6, 6.07) is 18.2. The number of fused-ring (bicyclic) bond motifs is 3. The standard InChI is InChI=1S/C26H28N6O/c1-31-21-8-9-22(31)14-19(13-21)17-3-6-20(7-4-17)29-26-28-16-23-10-11-24(32(23)30-26)18-5-12-25(33-2)27-15-18/h3-7,10-12,15-16,19,21-22H,8-9,13-14H2,1-2H3,(H,29,30). The fraction of sp³-hybridized carbons (Fsp3) is 0.346. The van der Waals surface area contributed by atoms with Gasteiger partial charge in [-0.15, -0.1) is 5.10 Å². The Balaban J connectivity index is 1.21. The number of rotatable bonds is 5. The van der Waals surface area contributed by atoms with Gasteiger partial charge in [0.25, 0.3) is 0 Å². The number of nitrogens with zero attached hydrogens (tertiary/aromatic N) is 5. The fourth-order valence-electron chi connectivity index (χ4n) is 5.48. The lowest BCUT2D eigenvalue weighted by molar-refractivity contribution is 0.161. The van der Waals surface area contributed by atoms with Crippen LogP contribution < -0.4 is 10.1 Å². The van der Waals surface area contributed by atoms with Gasteiger partial charge in [-0.25, -0.2) is 14.5 Å². The predicted octanol–water partition coefficient (Wildman–Crippen LogP) is 4.88. The van der Waals surface area contributed by atoms with Gasteiger partial charge < -0.3 is 15.0 Å². The van der Waals surface area contributed by atoms with Crippen LogP contribution in [0.2, 0.25) is 0 Å². The van der Waals surface area contributed by atoms with E-state index in [0.29, 0.717) is 17.7 Å². The Labute approximate surface area is 193 Å². The zero-order valence-electron chi connectivity index (χ0n) is 19.0. The van der Waals surface area contributed by atoms with Crippen molar-refractivity contribution in [2.24, 2.45) is 0 Å².